The van der Waals surface area contributed by atoms with Crippen molar-refractivity contribution in [3.05, 3.63) is 33.8 Å². The molecule has 0 amide bonds. The molecule has 0 saturated heterocycles. The van der Waals surface area contributed by atoms with E-state index in [4.69, 9.17) is 16.3 Å². The van der Waals surface area contributed by atoms with Crippen molar-refractivity contribution >= 4 is 11.6 Å². The minimum atomic E-state index is 0.523. The Bertz CT molecular complexity index is 377. The monoisotopic (exact) mass is 269 g/mol. The van der Waals surface area contributed by atoms with Crippen molar-refractivity contribution in [1.82, 2.24) is 5.32 Å². The van der Waals surface area contributed by atoms with Crippen LogP contribution in [-0.4, -0.2) is 25.8 Å². The molecule has 2 nitrogen and oxygen atoms in total. The van der Waals surface area contributed by atoms with E-state index in [1.807, 2.05) is 13.0 Å². The number of nitrogens with one attached hydrogen (secondary N) is 1. The van der Waals surface area contributed by atoms with Gasteiger partial charge in [0.15, 0.2) is 0 Å². The smallest absolute Gasteiger partial charge is 0.0591 e. The lowest BCUT2D eigenvalue weighted by molar-refractivity contribution is 0.137. The topological polar surface area (TPSA) is 21.3 Å². The molecule has 0 bridgehead atoms. The summed E-state index contributed by atoms with van der Waals surface area (Å²) in [5.41, 5.74) is 3.71. The molecular formula is C15H24ClNO. The van der Waals surface area contributed by atoms with Crippen molar-refractivity contribution < 1.29 is 4.74 Å². The molecular weight excluding hydrogens is 246 g/mol. The third-order valence-electron chi connectivity index (χ3n) is 2.93. The first-order valence-corrected chi connectivity index (χ1v) is 6.95. The number of hydrogen-bond acceptors (Lipinski definition) is 2. The normalized spacial score (nSPS) is 11.2. The van der Waals surface area contributed by atoms with Crippen molar-refractivity contribution in [3.63, 3.8) is 0 Å². The van der Waals surface area contributed by atoms with E-state index < -0.39 is 0 Å². The van der Waals surface area contributed by atoms with Crippen LogP contribution in [0, 0.1) is 13.8 Å². The van der Waals surface area contributed by atoms with E-state index in [0.717, 1.165) is 36.8 Å². The van der Waals surface area contributed by atoms with Gasteiger partial charge in [0.2, 0.25) is 0 Å². The predicted octanol–water partition coefficient (Wildman–Crippen LogP) is 3.51. The molecule has 0 aromatic heterocycles. The molecule has 1 rings (SSSR count). The third-order valence-corrected chi connectivity index (χ3v) is 3.34. The summed E-state index contributed by atoms with van der Waals surface area (Å²) in [4.78, 5) is 0. The van der Waals surface area contributed by atoms with Gasteiger partial charge in [-0.15, -0.1) is 0 Å². The minimum absolute atomic E-state index is 0.523. The Labute approximate surface area is 116 Å². The van der Waals surface area contributed by atoms with Crippen molar-refractivity contribution in [2.24, 2.45) is 0 Å². The Morgan fingerprint density at radius 2 is 1.89 bits per heavy atom. The first-order chi connectivity index (χ1) is 8.50. The highest BCUT2D eigenvalue weighted by Gasteiger charge is 2.03. The molecule has 0 atom stereocenters. The summed E-state index contributed by atoms with van der Waals surface area (Å²) in [5, 5.41) is 4.18. The quantitative estimate of drug-likeness (QED) is 0.765. The largest absolute Gasteiger partial charge is 0.380 e. The van der Waals surface area contributed by atoms with E-state index in [1.54, 1.807) is 0 Å². The number of benzene rings is 1. The maximum Gasteiger partial charge on any atom is 0.0591 e. The average Bonchev–Trinajstić information content (AvgIpc) is 2.29. The highest BCUT2D eigenvalue weighted by atomic mass is 35.5. The average molecular weight is 270 g/mol. The molecule has 0 radical (unpaired) electrons. The molecule has 1 aromatic carbocycles. The van der Waals surface area contributed by atoms with Gasteiger partial charge in [-0.2, -0.15) is 0 Å². The van der Waals surface area contributed by atoms with Crippen molar-refractivity contribution in [2.45, 2.75) is 40.2 Å². The molecule has 0 aliphatic carbocycles. The number of aryl methyl sites for hydroxylation is 2. The Hall–Kier alpha value is -0.570. The summed E-state index contributed by atoms with van der Waals surface area (Å²) in [5.74, 6) is 0. The van der Waals surface area contributed by atoms with Crippen LogP contribution in [0.2, 0.25) is 5.02 Å². The molecule has 0 saturated carbocycles. The standard InChI is InChI=1S/C15H24ClNO/c1-11(2)17-6-8-18-7-5-14-9-13(4)15(16)10-12(14)3/h9-11,17H,5-8H2,1-4H3. The summed E-state index contributed by atoms with van der Waals surface area (Å²) < 4.78 is 5.62. The number of hydrogen-bond donors (Lipinski definition) is 1. The summed E-state index contributed by atoms with van der Waals surface area (Å²) in [6.07, 6.45) is 0.950. The van der Waals surface area contributed by atoms with Gasteiger partial charge in [0, 0.05) is 17.6 Å². The molecule has 102 valence electrons. The zero-order chi connectivity index (χ0) is 13.5. The van der Waals surface area contributed by atoms with E-state index >= 15 is 0 Å². The van der Waals surface area contributed by atoms with Crippen LogP contribution in [0.3, 0.4) is 0 Å². The second kappa shape index (κ2) is 7.78. The minimum Gasteiger partial charge on any atom is -0.380 e. The first kappa shape index (κ1) is 15.5. The van der Waals surface area contributed by atoms with Crippen LogP contribution in [0.25, 0.3) is 0 Å². The maximum absolute atomic E-state index is 6.08. The Morgan fingerprint density at radius 1 is 1.17 bits per heavy atom. The zero-order valence-electron chi connectivity index (χ0n) is 11.8. The van der Waals surface area contributed by atoms with Gasteiger partial charge >= 0.3 is 0 Å². The van der Waals surface area contributed by atoms with Gasteiger partial charge in [0.25, 0.3) is 0 Å². The third kappa shape index (κ3) is 5.38. The van der Waals surface area contributed by atoms with E-state index in [9.17, 15) is 0 Å². The fraction of sp³-hybridized carbons (Fsp3) is 0.600. The fourth-order valence-corrected chi connectivity index (χ4v) is 2.03. The molecule has 0 spiro atoms. The van der Waals surface area contributed by atoms with E-state index in [0.29, 0.717) is 6.04 Å². The maximum atomic E-state index is 6.08. The van der Waals surface area contributed by atoms with Crippen LogP contribution in [0.15, 0.2) is 12.1 Å². The van der Waals surface area contributed by atoms with Gasteiger partial charge in [0.05, 0.1) is 13.2 Å². The van der Waals surface area contributed by atoms with Crippen LogP contribution >= 0.6 is 11.6 Å². The van der Waals surface area contributed by atoms with Gasteiger partial charge in [-0.25, -0.2) is 0 Å². The van der Waals surface area contributed by atoms with Crippen LogP contribution in [0.5, 0.6) is 0 Å². The van der Waals surface area contributed by atoms with Gasteiger partial charge in [-0.3, -0.25) is 0 Å². The molecule has 1 aromatic rings. The Morgan fingerprint density at radius 3 is 2.56 bits per heavy atom. The first-order valence-electron chi connectivity index (χ1n) is 6.57. The van der Waals surface area contributed by atoms with Crippen LogP contribution < -0.4 is 5.32 Å². The summed E-state index contributed by atoms with van der Waals surface area (Å²) in [6.45, 7) is 10.9. The second-order valence-electron chi connectivity index (χ2n) is 5.00. The second-order valence-corrected chi connectivity index (χ2v) is 5.41. The molecule has 0 unspecified atom stereocenters. The molecule has 3 heteroatoms. The summed E-state index contributed by atoms with van der Waals surface area (Å²) >= 11 is 6.08. The van der Waals surface area contributed by atoms with E-state index in [1.165, 1.54) is 11.1 Å². The number of ether oxygens (including phenoxy) is 1. The fourth-order valence-electron chi connectivity index (χ4n) is 1.81. The lowest BCUT2D eigenvalue weighted by Gasteiger charge is -2.11. The molecule has 0 fully saturated rings. The summed E-state index contributed by atoms with van der Waals surface area (Å²) in [6, 6.07) is 4.72. The van der Waals surface area contributed by atoms with E-state index in [-0.39, 0.29) is 0 Å². The van der Waals surface area contributed by atoms with Gasteiger partial charge < -0.3 is 10.1 Å². The van der Waals surface area contributed by atoms with Crippen LogP contribution in [0.4, 0.5) is 0 Å². The van der Waals surface area contributed by atoms with Crippen LogP contribution in [-0.2, 0) is 11.2 Å². The SMILES string of the molecule is Cc1cc(CCOCCNC(C)C)c(C)cc1Cl. The number of halogens is 1. The van der Waals surface area contributed by atoms with Crippen LogP contribution in [0.1, 0.15) is 30.5 Å². The van der Waals surface area contributed by atoms with Gasteiger partial charge in [-0.05, 0) is 43.0 Å². The Kier molecular flexibility index (Phi) is 6.69. The highest BCUT2D eigenvalue weighted by Crippen LogP contribution is 2.20. The lowest BCUT2D eigenvalue weighted by Crippen LogP contribution is -2.26. The highest BCUT2D eigenvalue weighted by molar-refractivity contribution is 6.31. The molecule has 1 N–H and O–H groups in total. The van der Waals surface area contributed by atoms with E-state index in [2.05, 4.69) is 32.2 Å². The zero-order valence-corrected chi connectivity index (χ0v) is 12.6. The molecule has 0 aliphatic rings. The summed E-state index contributed by atoms with van der Waals surface area (Å²) in [7, 11) is 0. The Balaban J connectivity index is 2.29. The van der Waals surface area contributed by atoms with Crippen molar-refractivity contribution in [3.8, 4) is 0 Å². The van der Waals surface area contributed by atoms with Gasteiger partial charge in [-0.1, -0.05) is 31.5 Å². The van der Waals surface area contributed by atoms with Gasteiger partial charge in [0.1, 0.15) is 0 Å². The predicted molar refractivity (Wildman–Crippen MR) is 78.6 cm³/mol. The van der Waals surface area contributed by atoms with Crippen molar-refractivity contribution in [2.75, 3.05) is 19.8 Å². The molecule has 18 heavy (non-hydrogen) atoms. The van der Waals surface area contributed by atoms with Crippen molar-refractivity contribution in [1.29, 1.82) is 0 Å². The lowest BCUT2D eigenvalue weighted by atomic mass is 10.0. The number of rotatable bonds is 7. The molecule has 0 aliphatic heterocycles. The molecule has 0 heterocycles.